The Morgan fingerprint density at radius 1 is 1.19 bits per heavy atom. The maximum absolute atomic E-state index is 12.8. The molecule has 2 aliphatic rings. The monoisotopic (exact) mass is 429 g/mol. The summed E-state index contributed by atoms with van der Waals surface area (Å²) in [6.45, 7) is 4.10. The van der Waals surface area contributed by atoms with Crippen molar-refractivity contribution in [2.45, 2.75) is 6.10 Å². The molecule has 0 spiro atoms. The first kappa shape index (κ1) is 21.0. The van der Waals surface area contributed by atoms with E-state index in [0.717, 1.165) is 13.1 Å². The molecule has 2 aliphatic heterocycles. The highest BCUT2D eigenvalue weighted by Crippen LogP contribution is 2.30. The van der Waals surface area contributed by atoms with Crippen molar-refractivity contribution >= 4 is 11.8 Å². The zero-order valence-electron chi connectivity index (χ0n) is 17.7. The number of fused-ring (bicyclic) bond motifs is 1. The van der Waals surface area contributed by atoms with Gasteiger partial charge in [0.15, 0.2) is 11.5 Å². The molecule has 3 heterocycles. The van der Waals surface area contributed by atoms with Crippen LogP contribution in [0.5, 0.6) is 17.4 Å². The van der Waals surface area contributed by atoms with E-state index in [4.69, 9.17) is 14.2 Å². The quantitative estimate of drug-likeness (QED) is 0.698. The van der Waals surface area contributed by atoms with Gasteiger partial charge in [0.1, 0.15) is 12.2 Å². The van der Waals surface area contributed by atoms with E-state index >= 15 is 0 Å². The first-order chi connectivity index (χ1) is 15.0. The van der Waals surface area contributed by atoms with Gasteiger partial charge in [-0.2, -0.15) is 0 Å². The molecule has 1 unspecified atom stereocenters. The lowest BCUT2D eigenvalue weighted by Gasteiger charge is -2.34. The van der Waals surface area contributed by atoms with Crippen molar-refractivity contribution in [1.29, 1.82) is 0 Å². The molecular weight excluding hydrogens is 402 g/mol. The molecule has 1 saturated heterocycles. The van der Waals surface area contributed by atoms with Crippen LogP contribution in [0.1, 0.15) is 10.4 Å². The molecule has 1 aromatic heterocycles. The summed E-state index contributed by atoms with van der Waals surface area (Å²) in [6.07, 6.45) is 1.03. The maximum atomic E-state index is 12.8. The van der Waals surface area contributed by atoms with Gasteiger partial charge in [-0.1, -0.05) is 12.1 Å². The number of aryl methyl sites for hydroxylation is 1. The number of carbonyl (C=O) groups excluding carboxylic acids is 2. The van der Waals surface area contributed by atoms with Gasteiger partial charge in [0.25, 0.3) is 11.8 Å². The summed E-state index contributed by atoms with van der Waals surface area (Å²) in [7, 11) is 3.27. The maximum Gasteiger partial charge on any atom is 0.264 e. The second-order valence-electron chi connectivity index (χ2n) is 7.51. The largest absolute Gasteiger partial charge is 0.485 e. The first-order valence-electron chi connectivity index (χ1n) is 10.3. The van der Waals surface area contributed by atoms with Crippen molar-refractivity contribution in [1.82, 2.24) is 24.9 Å². The highest BCUT2D eigenvalue weighted by Gasteiger charge is 2.28. The number of methoxy groups -OCH3 is 1. The minimum Gasteiger partial charge on any atom is -0.485 e. The fraction of sp³-hybridized carbons (Fsp3) is 0.476. The van der Waals surface area contributed by atoms with Gasteiger partial charge in [0, 0.05) is 52.5 Å². The summed E-state index contributed by atoms with van der Waals surface area (Å²) in [5.74, 6) is 1.32. The van der Waals surface area contributed by atoms with Gasteiger partial charge in [0.05, 0.1) is 7.11 Å². The second kappa shape index (κ2) is 9.25. The van der Waals surface area contributed by atoms with Gasteiger partial charge in [-0.05, 0) is 12.1 Å². The van der Waals surface area contributed by atoms with Crippen LogP contribution in [-0.4, -0.2) is 90.5 Å². The van der Waals surface area contributed by atoms with Gasteiger partial charge in [-0.25, -0.2) is 0 Å². The van der Waals surface area contributed by atoms with Crippen molar-refractivity contribution in [3.63, 3.8) is 0 Å². The predicted molar refractivity (Wildman–Crippen MR) is 111 cm³/mol. The number of rotatable bonds is 6. The van der Waals surface area contributed by atoms with Gasteiger partial charge in [-0.15, -0.1) is 5.10 Å². The van der Waals surface area contributed by atoms with Crippen LogP contribution in [0.2, 0.25) is 0 Å². The highest BCUT2D eigenvalue weighted by atomic mass is 16.6. The first-order valence-corrected chi connectivity index (χ1v) is 10.3. The summed E-state index contributed by atoms with van der Waals surface area (Å²) in [6, 6.07) is 7.31. The zero-order valence-corrected chi connectivity index (χ0v) is 17.7. The Balaban J connectivity index is 1.19. The molecular formula is C21H27N5O5. The van der Waals surface area contributed by atoms with E-state index in [1.54, 1.807) is 28.9 Å². The normalized spacial score (nSPS) is 18.5. The van der Waals surface area contributed by atoms with E-state index in [1.165, 1.54) is 7.11 Å². The van der Waals surface area contributed by atoms with E-state index in [0.29, 0.717) is 49.1 Å². The molecule has 1 aromatic carbocycles. The molecule has 1 fully saturated rings. The zero-order chi connectivity index (χ0) is 21.8. The van der Waals surface area contributed by atoms with Gasteiger partial charge < -0.3 is 24.4 Å². The molecule has 31 heavy (non-hydrogen) atoms. The third-order valence-corrected chi connectivity index (χ3v) is 5.41. The lowest BCUT2D eigenvalue weighted by molar-refractivity contribution is -0.130. The molecule has 10 nitrogen and oxygen atoms in total. The number of amides is 2. The van der Waals surface area contributed by atoms with Crippen LogP contribution in [0, 0.1) is 0 Å². The average Bonchev–Trinajstić information content (AvgIpc) is 3.19. The number of carbonyl (C=O) groups is 2. The SMILES string of the molecule is COc1nn(C)cc1C(=O)N1CCN(CCNC(=O)C2COc3ccccc3O2)CC1. The smallest absolute Gasteiger partial charge is 0.264 e. The van der Waals surface area contributed by atoms with Crippen molar-refractivity contribution in [2.24, 2.45) is 7.05 Å². The fourth-order valence-corrected chi connectivity index (χ4v) is 3.71. The number of ether oxygens (including phenoxy) is 3. The van der Waals surface area contributed by atoms with Crippen LogP contribution in [0.15, 0.2) is 30.5 Å². The lowest BCUT2D eigenvalue weighted by Crippen LogP contribution is -2.51. The summed E-state index contributed by atoms with van der Waals surface area (Å²) in [5, 5.41) is 7.06. The molecule has 1 N–H and O–H groups in total. The molecule has 0 bridgehead atoms. The number of nitrogens with zero attached hydrogens (tertiary/aromatic N) is 4. The summed E-state index contributed by atoms with van der Waals surface area (Å²) >= 11 is 0. The van der Waals surface area contributed by atoms with Crippen LogP contribution >= 0.6 is 0 Å². The second-order valence-corrected chi connectivity index (χ2v) is 7.51. The third-order valence-electron chi connectivity index (χ3n) is 5.41. The Morgan fingerprint density at radius 3 is 2.68 bits per heavy atom. The minimum atomic E-state index is -0.654. The van der Waals surface area contributed by atoms with E-state index in [1.807, 2.05) is 18.2 Å². The van der Waals surface area contributed by atoms with Crippen molar-refractivity contribution in [3.8, 4) is 17.4 Å². The molecule has 2 aromatic rings. The lowest BCUT2D eigenvalue weighted by atomic mass is 10.2. The van der Waals surface area contributed by atoms with Gasteiger partial charge >= 0.3 is 0 Å². The summed E-state index contributed by atoms with van der Waals surface area (Å²) in [4.78, 5) is 29.2. The van der Waals surface area contributed by atoms with Crippen LogP contribution in [-0.2, 0) is 11.8 Å². The molecule has 0 radical (unpaired) electrons. The van der Waals surface area contributed by atoms with Crippen LogP contribution in [0.3, 0.4) is 0 Å². The molecule has 2 amide bonds. The van der Waals surface area contributed by atoms with Crippen LogP contribution in [0.25, 0.3) is 0 Å². The number of nitrogens with one attached hydrogen (secondary N) is 1. The fourth-order valence-electron chi connectivity index (χ4n) is 3.71. The Labute approximate surface area is 180 Å². The molecule has 0 saturated carbocycles. The molecule has 166 valence electrons. The Kier molecular flexibility index (Phi) is 6.26. The van der Waals surface area contributed by atoms with Crippen molar-refractivity contribution < 1.29 is 23.8 Å². The Bertz CT molecular complexity index is 938. The standard InChI is InChI=1S/C21H27N5O5/c1-24-13-15(20(23-24)29-2)21(28)26-11-9-25(10-12-26)8-7-22-19(27)18-14-30-16-5-3-4-6-17(16)31-18/h3-6,13,18H,7-12,14H2,1-2H3,(H,22,27). The summed E-state index contributed by atoms with van der Waals surface area (Å²) in [5.41, 5.74) is 0.474. The number of aromatic nitrogens is 2. The van der Waals surface area contributed by atoms with Crippen LogP contribution < -0.4 is 19.5 Å². The van der Waals surface area contributed by atoms with E-state index in [2.05, 4.69) is 15.3 Å². The third kappa shape index (κ3) is 4.74. The number of piperazine rings is 1. The molecule has 0 aliphatic carbocycles. The van der Waals surface area contributed by atoms with Crippen LogP contribution in [0.4, 0.5) is 0 Å². The van der Waals surface area contributed by atoms with Gasteiger partial charge in [0.2, 0.25) is 12.0 Å². The minimum absolute atomic E-state index is 0.0763. The van der Waals surface area contributed by atoms with Crippen molar-refractivity contribution in [3.05, 3.63) is 36.0 Å². The van der Waals surface area contributed by atoms with Crippen molar-refractivity contribution in [2.75, 3.05) is 53.0 Å². The topological polar surface area (TPSA) is 98.2 Å². The average molecular weight is 429 g/mol. The Morgan fingerprint density at radius 2 is 1.94 bits per heavy atom. The number of hydrogen-bond donors (Lipinski definition) is 1. The predicted octanol–water partition coefficient (Wildman–Crippen LogP) is 0.143. The molecule has 1 atom stereocenters. The highest BCUT2D eigenvalue weighted by molar-refractivity contribution is 5.96. The Hall–Kier alpha value is -3.27. The van der Waals surface area contributed by atoms with E-state index in [9.17, 15) is 9.59 Å². The number of para-hydroxylation sites is 2. The molecule has 4 rings (SSSR count). The van der Waals surface area contributed by atoms with E-state index in [-0.39, 0.29) is 18.4 Å². The molecule has 10 heteroatoms. The number of benzene rings is 1. The van der Waals surface area contributed by atoms with Gasteiger partial charge in [-0.3, -0.25) is 19.2 Å². The summed E-state index contributed by atoms with van der Waals surface area (Å²) < 4.78 is 18.1. The number of hydrogen-bond acceptors (Lipinski definition) is 7. The van der Waals surface area contributed by atoms with E-state index < -0.39 is 6.10 Å².